The van der Waals surface area contributed by atoms with E-state index >= 15 is 0 Å². The highest BCUT2D eigenvalue weighted by Crippen LogP contribution is 2.61. The van der Waals surface area contributed by atoms with Gasteiger partial charge < -0.3 is 9.05 Å². The van der Waals surface area contributed by atoms with Gasteiger partial charge in [0, 0.05) is 22.3 Å². The van der Waals surface area contributed by atoms with Crippen LogP contribution in [0.5, 0.6) is 11.5 Å². The Bertz CT molecular complexity index is 1960. The van der Waals surface area contributed by atoms with Crippen molar-refractivity contribution in [2.24, 2.45) is 0 Å². The second kappa shape index (κ2) is 9.20. The molecule has 0 atom stereocenters. The molecule has 0 saturated heterocycles. The first-order valence-electron chi connectivity index (χ1n) is 12.4. The van der Waals surface area contributed by atoms with Crippen LogP contribution in [0.2, 0.25) is 0 Å². The summed E-state index contributed by atoms with van der Waals surface area (Å²) in [5.41, 5.74) is 1.59. The van der Waals surface area contributed by atoms with Gasteiger partial charge in [0.25, 0.3) is 0 Å². The van der Waals surface area contributed by atoms with Gasteiger partial charge in [0.2, 0.25) is 0 Å². The van der Waals surface area contributed by atoms with Gasteiger partial charge in [0.15, 0.2) is 23.3 Å². The number of phosphoric acid groups is 1. The molecule has 6 aromatic rings. The summed E-state index contributed by atoms with van der Waals surface area (Å²) in [6.07, 6.45) is 0. The summed E-state index contributed by atoms with van der Waals surface area (Å²) < 4.78 is 81.4. The molecule has 202 valence electrons. The lowest BCUT2D eigenvalue weighted by molar-refractivity contribution is 0.295. The number of halogens is 4. The summed E-state index contributed by atoms with van der Waals surface area (Å²) in [7, 11) is -4.92. The van der Waals surface area contributed by atoms with Crippen LogP contribution in [0.4, 0.5) is 17.6 Å². The molecular formula is C32H17F4O4P. The maximum absolute atomic E-state index is 14.4. The van der Waals surface area contributed by atoms with Crippen LogP contribution in [0.3, 0.4) is 0 Å². The SMILES string of the molecule is O=P1(O)Oc2c(-c3ccc(F)c(F)c3)cc3ccccc3c2-c2c(c(-c3ccc(F)c(F)c3)cc3ccccc23)O1. The van der Waals surface area contributed by atoms with E-state index in [0.717, 1.165) is 24.3 Å². The van der Waals surface area contributed by atoms with Gasteiger partial charge in [-0.1, -0.05) is 60.7 Å². The molecule has 4 nitrogen and oxygen atoms in total. The smallest absolute Gasteiger partial charge is 0.394 e. The topological polar surface area (TPSA) is 55.8 Å². The molecule has 0 fully saturated rings. The van der Waals surface area contributed by atoms with Crippen LogP contribution in [0.25, 0.3) is 54.9 Å². The fourth-order valence-electron chi connectivity index (χ4n) is 5.35. The third kappa shape index (κ3) is 4.15. The number of rotatable bonds is 2. The first-order valence-corrected chi connectivity index (χ1v) is 13.9. The summed E-state index contributed by atoms with van der Waals surface area (Å²) in [4.78, 5) is 11.0. The van der Waals surface area contributed by atoms with Crippen molar-refractivity contribution in [1.29, 1.82) is 0 Å². The molecule has 1 N–H and O–H groups in total. The van der Waals surface area contributed by atoms with Gasteiger partial charge >= 0.3 is 7.82 Å². The van der Waals surface area contributed by atoms with Crippen molar-refractivity contribution in [3.8, 4) is 44.9 Å². The number of phosphoric ester groups is 1. The van der Waals surface area contributed by atoms with Gasteiger partial charge in [-0.25, -0.2) is 22.1 Å². The van der Waals surface area contributed by atoms with E-state index in [9.17, 15) is 27.0 Å². The maximum Gasteiger partial charge on any atom is 0.584 e. The second-order valence-electron chi connectivity index (χ2n) is 9.61. The van der Waals surface area contributed by atoms with Crippen LogP contribution in [0, 0.1) is 23.3 Å². The highest BCUT2D eigenvalue weighted by atomic mass is 31.2. The quantitative estimate of drug-likeness (QED) is 0.166. The largest absolute Gasteiger partial charge is 0.584 e. The van der Waals surface area contributed by atoms with Crippen molar-refractivity contribution in [3.63, 3.8) is 0 Å². The minimum Gasteiger partial charge on any atom is -0.394 e. The molecule has 1 aliphatic rings. The van der Waals surface area contributed by atoms with Gasteiger partial charge in [-0.05, 0) is 69.1 Å². The van der Waals surface area contributed by atoms with Crippen molar-refractivity contribution < 1.29 is 36.1 Å². The molecule has 1 aliphatic heterocycles. The maximum atomic E-state index is 14.4. The van der Waals surface area contributed by atoms with Gasteiger partial charge in [-0.3, -0.25) is 4.89 Å². The first kappa shape index (κ1) is 25.3. The number of hydrogen-bond donors (Lipinski definition) is 1. The molecule has 0 aliphatic carbocycles. The molecule has 0 bridgehead atoms. The minimum absolute atomic E-state index is 0.0770. The van der Waals surface area contributed by atoms with Crippen LogP contribution in [0.1, 0.15) is 0 Å². The van der Waals surface area contributed by atoms with Crippen LogP contribution >= 0.6 is 7.82 Å². The minimum atomic E-state index is -4.92. The molecule has 0 aromatic heterocycles. The predicted octanol–water partition coefficient (Wildman–Crippen LogP) is 9.42. The Morgan fingerprint density at radius 2 is 0.951 bits per heavy atom. The summed E-state index contributed by atoms with van der Waals surface area (Å²) >= 11 is 0. The van der Waals surface area contributed by atoms with E-state index in [-0.39, 0.29) is 33.8 Å². The Morgan fingerprint density at radius 1 is 0.537 bits per heavy atom. The van der Waals surface area contributed by atoms with Crippen molar-refractivity contribution in [3.05, 3.63) is 120 Å². The van der Waals surface area contributed by atoms with Gasteiger partial charge in [0.1, 0.15) is 11.5 Å². The van der Waals surface area contributed by atoms with E-state index in [0.29, 0.717) is 32.7 Å². The monoisotopic (exact) mass is 572 g/mol. The Morgan fingerprint density at radius 3 is 1.37 bits per heavy atom. The molecule has 9 heteroatoms. The zero-order valence-corrected chi connectivity index (χ0v) is 21.8. The molecule has 0 unspecified atom stereocenters. The summed E-state index contributed by atoms with van der Waals surface area (Å²) in [5.74, 6) is -4.46. The Labute approximate surface area is 230 Å². The predicted molar refractivity (Wildman–Crippen MR) is 149 cm³/mol. The zero-order valence-electron chi connectivity index (χ0n) is 20.9. The third-order valence-corrected chi connectivity index (χ3v) is 7.95. The van der Waals surface area contributed by atoms with E-state index in [4.69, 9.17) is 9.05 Å². The number of fused-ring (bicyclic) bond motifs is 7. The lowest BCUT2D eigenvalue weighted by Gasteiger charge is -2.18. The number of benzene rings is 6. The Kier molecular flexibility index (Phi) is 5.68. The summed E-state index contributed by atoms with van der Waals surface area (Å²) in [5, 5.41) is 2.59. The van der Waals surface area contributed by atoms with E-state index in [2.05, 4.69) is 0 Å². The fourth-order valence-corrected chi connectivity index (χ4v) is 6.23. The van der Waals surface area contributed by atoms with E-state index in [1.54, 1.807) is 48.5 Å². The van der Waals surface area contributed by atoms with Crippen molar-refractivity contribution in [2.45, 2.75) is 0 Å². The van der Waals surface area contributed by atoms with E-state index < -0.39 is 31.1 Å². The van der Waals surface area contributed by atoms with Crippen LogP contribution in [-0.4, -0.2) is 4.89 Å². The Hall–Kier alpha value is -4.65. The van der Waals surface area contributed by atoms with E-state index in [1.165, 1.54) is 12.1 Å². The van der Waals surface area contributed by atoms with Gasteiger partial charge in [0.05, 0.1) is 0 Å². The fraction of sp³-hybridized carbons (Fsp3) is 0. The molecule has 0 saturated carbocycles. The molecule has 6 aromatic carbocycles. The highest BCUT2D eigenvalue weighted by Gasteiger charge is 2.37. The summed E-state index contributed by atoms with van der Waals surface area (Å²) in [6.45, 7) is 0. The van der Waals surface area contributed by atoms with Crippen molar-refractivity contribution in [2.75, 3.05) is 0 Å². The average molecular weight is 572 g/mol. The molecule has 1 heterocycles. The van der Waals surface area contributed by atoms with Gasteiger partial charge in [-0.2, -0.15) is 0 Å². The molecule has 41 heavy (non-hydrogen) atoms. The normalized spacial score (nSPS) is 13.7. The molecular weight excluding hydrogens is 555 g/mol. The lowest BCUT2D eigenvalue weighted by Crippen LogP contribution is -2.00. The van der Waals surface area contributed by atoms with Crippen LogP contribution in [0.15, 0.2) is 97.1 Å². The average Bonchev–Trinajstić information content (AvgIpc) is 3.08. The third-order valence-electron chi connectivity index (χ3n) is 7.13. The number of hydrogen-bond acceptors (Lipinski definition) is 3. The van der Waals surface area contributed by atoms with Crippen molar-refractivity contribution in [1.82, 2.24) is 0 Å². The molecule has 0 spiro atoms. The summed E-state index contributed by atoms with van der Waals surface area (Å²) in [6, 6.07) is 24.3. The van der Waals surface area contributed by atoms with Gasteiger partial charge in [-0.15, -0.1) is 0 Å². The van der Waals surface area contributed by atoms with Crippen molar-refractivity contribution >= 4 is 29.4 Å². The molecule has 0 amide bonds. The van der Waals surface area contributed by atoms with Crippen LogP contribution in [-0.2, 0) is 4.57 Å². The molecule has 0 radical (unpaired) electrons. The Balaban J connectivity index is 1.69. The standard InChI is InChI=1S/C32H17F4O4P/c33-25-11-9-19(15-27(25)35)23-13-17-5-1-3-7-21(17)29-30-22-8-4-2-6-18(22)14-24(20-10-12-26(34)28(36)16-20)32(30)40-41(37,38)39-31(23)29/h1-16H,(H,37,38). The molecule has 7 rings (SSSR count). The van der Waals surface area contributed by atoms with E-state index in [1.807, 2.05) is 12.1 Å². The first-order chi connectivity index (χ1) is 19.7. The zero-order chi connectivity index (χ0) is 28.5. The lowest BCUT2D eigenvalue weighted by atomic mass is 9.86. The van der Waals surface area contributed by atoms with Crippen LogP contribution < -0.4 is 9.05 Å². The second-order valence-corrected chi connectivity index (χ2v) is 10.9. The highest BCUT2D eigenvalue weighted by molar-refractivity contribution is 7.48.